The quantitative estimate of drug-likeness (QED) is 0.476. The minimum Gasteiger partial charge on any atom is -0.0985 e. The van der Waals surface area contributed by atoms with Gasteiger partial charge in [0.25, 0.3) is 0 Å². The van der Waals surface area contributed by atoms with Gasteiger partial charge in [0.1, 0.15) is 0 Å². The molecule has 0 spiro atoms. The number of rotatable bonds is 7. The zero-order valence-electron chi connectivity index (χ0n) is 13.1. The SMILES string of the molecule is C=C(C(C)(C)/C=C\C)C(C)(CC)CC(C)CC. The van der Waals surface area contributed by atoms with Crippen molar-refractivity contribution in [3.63, 3.8) is 0 Å². The lowest BCUT2D eigenvalue weighted by molar-refractivity contribution is 0.250. The average Bonchev–Trinajstić information content (AvgIpc) is 2.27. The van der Waals surface area contributed by atoms with E-state index in [2.05, 4.69) is 67.2 Å². The van der Waals surface area contributed by atoms with Gasteiger partial charge in [0.15, 0.2) is 0 Å². The third-order valence-electron chi connectivity index (χ3n) is 4.37. The Balaban J connectivity index is 5.04. The first-order valence-corrected chi connectivity index (χ1v) is 7.07. The molecule has 0 heteroatoms. The van der Waals surface area contributed by atoms with Gasteiger partial charge in [0, 0.05) is 5.41 Å². The molecule has 0 aromatic carbocycles. The molecule has 0 aromatic heterocycles. The topological polar surface area (TPSA) is 0 Å². The molecule has 0 heterocycles. The third-order valence-corrected chi connectivity index (χ3v) is 4.37. The first kappa shape index (κ1) is 16.5. The molecule has 0 saturated carbocycles. The minimum absolute atomic E-state index is 0.104. The van der Waals surface area contributed by atoms with Gasteiger partial charge < -0.3 is 0 Å². The molecule has 0 aliphatic rings. The Labute approximate surface area is 109 Å². The lowest BCUT2D eigenvalue weighted by Gasteiger charge is -2.40. The first-order valence-electron chi connectivity index (χ1n) is 7.07. The van der Waals surface area contributed by atoms with Crippen molar-refractivity contribution in [3.8, 4) is 0 Å². The molecule has 0 aromatic rings. The number of hydrogen-bond donors (Lipinski definition) is 0. The summed E-state index contributed by atoms with van der Waals surface area (Å²) in [4.78, 5) is 0. The van der Waals surface area contributed by atoms with E-state index in [1.807, 2.05) is 0 Å². The molecule has 17 heavy (non-hydrogen) atoms. The monoisotopic (exact) mass is 236 g/mol. The molecule has 2 atom stereocenters. The Bertz CT molecular complexity index is 270. The zero-order chi connectivity index (χ0) is 13.7. The lowest BCUT2D eigenvalue weighted by atomic mass is 9.65. The molecule has 0 bridgehead atoms. The third kappa shape index (κ3) is 4.33. The van der Waals surface area contributed by atoms with E-state index < -0.39 is 0 Å². The van der Waals surface area contributed by atoms with E-state index >= 15 is 0 Å². The largest absolute Gasteiger partial charge is 0.0985 e. The van der Waals surface area contributed by atoms with Crippen LogP contribution in [0.4, 0.5) is 0 Å². The van der Waals surface area contributed by atoms with Crippen LogP contribution in [0.1, 0.15) is 67.7 Å². The summed E-state index contributed by atoms with van der Waals surface area (Å²) in [7, 11) is 0. The highest BCUT2D eigenvalue weighted by Gasteiger charge is 2.34. The summed E-state index contributed by atoms with van der Waals surface area (Å²) in [5.74, 6) is 0.776. The van der Waals surface area contributed by atoms with Crippen LogP contribution in [0.2, 0.25) is 0 Å². The molecule has 0 radical (unpaired) electrons. The standard InChI is InChI=1S/C17H32/c1-9-12-16(6,7)15(5)17(8,11-3)13-14(4)10-2/h9,12,14H,5,10-11,13H2,1-4,6-8H3/b12-9-. The van der Waals surface area contributed by atoms with Crippen molar-refractivity contribution in [2.75, 3.05) is 0 Å². The molecule has 0 N–H and O–H groups in total. The van der Waals surface area contributed by atoms with E-state index in [1.165, 1.54) is 24.8 Å². The van der Waals surface area contributed by atoms with E-state index in [0.29, 0.717) is 0 Å². The molecule has 0 aliphatic carbocycles. The average molecular weight is 236 g/mol. The molecule has 0 saturated heterocycles. The van der Waals surface area contributed by atoms with Crippen molar-refractivity contribution < 1.29 is 0 Å². The van der Waals surface area contributed by atoms with Crippen molar-refractivity contribution >= 4 is 0 Å². The van der Waals surface area contributed by atoms with Gasteiger partial charge in [-0.15, -0.1) is 0 Å². The summed E-state index contributed by atoms with van der Waals surface area (Å²) >= 11 is 0. The van der Waals surface area contributed by atoms with Crippen LogP contribution in [0.5, 0.6) is 0 Å². The predicted molar refractivity (Wildman–Crippen MR) is 80.2 cm³/mol. The van der Waals surface area contributed by atoms with Gasteiger partial charge in [-0.1, -0.05) is 72.3 Å². The molecule has 0 nitrogen and oxygen atoms in total. The van der Waals surface area contributed by atoms with Crippen molar-refractivity contribution in [3.05, 3.63) is 24.3 Å². The Morgan fingerprint density at radius 2 is 1.76 bits per heavy atom. The van der Waals surface area contributed by atoms with Gasteiger partial charge in [-0.3, -0.25) is 0 Å². The summed E-state index contributed by atoms with van der Waals surface area (Å²) < 4.78 is 0. The van der Waals surface area contributed by atoms with Crippen LogP contribution < -0.4 is 0 Å². The van der Waals surface area contributed by atoms with Gasteiger partial charge in [-0.05, 0) is 31.1 Å². The number of hydrogen-bond acceptors (Lipinski definition) is 0. The molecular formula is C17H32. The van der Waals surface area contributed by atoms with Crippen LogP contribution in [0.3, 0.4) is 0 Å². The van der Waals surface area contributed by atoms with Crippen molar-refractivity contribution in [1.29, 1.82) is 0 Å². The summed E-state index contributed by atoms with van der Waals surface area (Å²) in [6, 6.07) is 0. The first-order chi connectivity index (χ1) is 7.73. The van der Waals surface area contributed by atoms with Crippen LogP contribution in [-0.4, -0.2) is 0 Å². The molecule has 0 rings (SSSR count). The molecule has 100 valence electrons. The van der Waals surface area contributed by atoms with E-state index in [-0.39, 0.29) is 10.8 Å². The van der Waals surface area contributed by atoms with Gasteiger partial charge in [0.05, 0.1) is 0 Å². The van der Waals surface area contributed by atoms with E-state index in [0.717, 1.165) is 5.92 Å². The highest BCUT2D eigenvalue weighted by molar-refractivity contribution is 5.23. The normalized spacial score (nSPS) is 18.1. The Morgan fingerprint density at radius 1 is 1.24 bits per heavy atom. The smallest absolute Gasteiger partial charge is 0.00368 e. The second-order valence-electron chi connectivity index (χ2n) is 6.33. The molecule has 0 amide bonds. The van der Waals surface area contributed by atoms with E-state index in [1.54, 1.807) is 0 Å². The van der Waals surface area contributed by atoms with Crippen LogP contribution >= 0.6 is 0 Å². The Morgan fingerprint density at radius 3 is 2.12 bits per heavy atom. The second kappa shape index (κ2) is 6.42. The Hall–Kier alpha value is -0.520. The van der Waals surface area contributed by atoms with Gasteiger partial charge in [-0.2, -0.15) is 0 Å². The minimum atomic E-state index is 0.104. The summed E-state index contributed by atoms with van der Waals surface area (Å²) in [5, 5.41) is 0. The fourth-order valence-corrected chi connectivity index (χ4v) is 2.69. The van der Waals surface area contributed by atoms with Crippen LogP contribution in [0.25, 0.3) is 0 Å². The molecular weight excluding hydrogens is 204 g/mol. The van der Waals surface area contributed by atoms with Crippen LogP contribution in [0.15, 0.2) is 24.3 Å². The second-order valence-corrected chi connectivity index (χ2v) is 6.33. The van der Waals surface area contributed by atoms with Gasteiger partial charge in [0.2, 0.25) is 0 Å². The maximum atomic E-state index is 4.42. The highest BCUT2D eigenvalue weighted by Crippen LogP contribution is 2.46. The summed E-state index contributed by atoms with van der Waals surface area (Å²) in [6.07, 6.45) is 8.11. The number of allylic oxidation sites excluding steroid dienone is 3. The summed E-state index contributed by atoms with van der Waals surface area (Å²) in [6.45, 7) is 20.4. The molecule has 0 fully saturated rings. The van der Waals surface area contributed by atoms with Gasteiger partial charge >= 0.3 is 0 Å². The van der Waals surface area contributed by atoms with Crippen molar-refractivity contribution in [2.24, 2.45) is 16.7 Å². The van der Waals surface area contributed by atoms with Crippen LogP contribution in [0, 0.1) is 16.7 Å². The van der Waals surface area contributed by atoms with Crippen molar-refractivity contribution in [2.45, 2.75) is 67.7 Å². The lowest BCUT2D eigenvalue weighted by Crippen LogP contribution is -2.29. The molecule has 0 aliphatic heterocycles. The molecule has 2 unspecified atom stereocenters. The predicted octanol–water partition coefficient (Wildman–Crippen LogP) is 6.00. The highest BCUT2D eigenvalue weighted by atomic mass is 14.4. The van der Waals surface area contributed by atoms with Crippen molar-refractivity contribution in [1.82, 2.24) is 0 Å². The van der Waals surface area contributed by atoms with Crippen LogP contribution in [-0.2, 0) is 0 Å². The fourth-order valence-electron chi connectivity index (χ4n) is 2.69. The Kier molecular flexibility index (Phi) is 6.23. The summed E-state index contributed by atoms with van der Waals surface area (Å²) in [5.41, 5.74) is 1.75. The zero-order valence-corrected chi connectivity index (χ0v) is 13.1. The van der Waals surface area contributed by atoms with Gasteiger partial charge in [-0.25, -0.2) is 0 Å². The van der Waals surface area contributed by atoms with E-state index in [9.17, 15) is 0 Å². The maximum absolute atomic E-state index is 4.42. The maximum Gasteiger partial charge on any atom is 0.00368 e. The van der Waals surface area contributed by atoms with E-state index in [4.69, 9.17) is 0 Å². The fraction of sp³-hybridized carbons (Fsp3) is 0.765.